The van der Waals surface area contributed by atoms with Gasteiger partial charge in [-0.05, 0) is 163 Å². The van der Waals surface area contributed by atoms with E-state index in [1.807, 2.05) is 0 Å². The average Bonchev–Trinajstić information content (AvgIpc) is 4.24. The first-order chi connectivity index (χ1) is 40.1. The van der Waals surface area contributed by atoms with Crippen molar-refractivity contribution in [3.05, 3.63) is 312 Å². The van der Waals surface area contributed by atoms with Gasteiger partial charge in [-0.3, -0.25) is 0 Å². The number of aryl methyl sites for hydroxylation is 2. The zero-order chi connectivity index (χ0) is 54.0. The maximum absolute atomic E-state index is 2.53. The number of nitrogens with zero attached hydrogens (tertiary/aromatic N) is 2. The maximum atomic E-state index is 2.53. The van der Waals surface area contributed by atoms with Crippen molar-refractivity contribution in [3.8, 4) is 72.4 Å². The number of hydrogen-bond donors (Lipinski definition) is 0. The molecule has 0 saturated carbocycles. The summed E-state index contributed by atoms with van der Waals surface area (Å²) in [6.45, 7) is 4.53. The third kappa shape index (κ3) is 7.84. The van der Waals surface area contributed by atoms with Crippen LogP contribution in [0.2, 0.25) is 0 Å². The highest BCUT2D eigenvalue weighted by Crippen LogP contribution is 2.63. The summed E-state index contributed by atoms with van der Waals surface area (Å²) >= 11 is 0. The van der Waals surface area contributed by atoms with Gasteiger partial charge < -0.3 is 9.47 Å². The molecule has 0 bridgehead atoms. The Hall–Kier alpha value is -9.76. The minimum absolute atomic E-state index is 0.483. The molecule has 386 valence electrons. The molecule has 1 aromatic heterocycles. The highest BCUT2D eigenvalue weighted by Gasteiger charge is 2.51. The molecule has 2 nitrogen and oxygen atoms in total. The topological polar surface area (TPSA) is 8.17 Å². The van der Waals surface area contributed by atoms with E-state index >= 15 is 0 Å². The van der Waals surface area contributed by atoms with Crippen LogP contribution in [0.3, 0.4) is 0 Å². The number of aromatic nitrogens is 1. The zero-order valence-electron chi connectivity index (χ0n) is 45.8. The van der Waals surface area contributed by atoms with Crippen molar-refractivity contribution in [3.63, 3.8) is 0 Å². The first-order valence-electron chi connectivity index (χ1n) is 28.9. The highest BCUT2D eigenvalue weighted by atomic mass is 15.1. The van der Waals surface area contributed by atoms with Crippen molar-refractivity contribution in [2.45, 2.75) is 44.9 Å². The predicted octanol–water partition coefficient (Wildman–Crippen LogP) is 21.2. The van der Waals surface area contributed by atoms with Crippen molar-refractivity contribution < 1.29 is 0 Å². The van der Waals surface area contributed by atoms with Crippen molar-refractivity contribution >= 4 is 38.9 Å². The Kier molecular flexibility index (Phi) is 11.9. The molecule has 0 N–H and O–H groups in total. The van der Waals surface area contributed by atoms with Gasteiger partial charge in [-0.2, -0.15) is 0 Å². The minimum Gasteiger partial charge on any atom is -0.309 e. The lowest BCUT2D eigenvalue weighted by molar-refractivity contribution is 0.793. The molecule has 2 heteroatoms. The Labute approximate surface area is 475 Å². The van der Waals surface area contributed by atoms with Gasteiger partial charge in [0.05, 0.1) is 22.1 Å². The van der Waals surface area contributed by atoms with Crippen molar-refractivity contribution in [1.29, 1.82) is 0 Å². The molecule has 0 fully saturated rings. The van der Waals surface area contributed by atoms with E-state index in [0.717, 1.165) is 53.9 Å². The van der Waals surface area contributed by atoms with Crippen LogP contribution in [0.5, 0.6) is 0 Å². The number of para-hydroxylation sites is 1. The van der Waals surface area contributed by atoms with Gasteiger partial charge in [0.2, 0.25) is 0 Å². The minimum atomic E-state index is -0.483. The summed E-state index contributed by atoms with van der Waals surface area (Å²) in [6.07, 6.45) is 4.46. The molecule has 0 atom stereocenters. The first-order valence-corrected chi connectivity index (χ1v) is 28.9. The quantitative estimate of drug-likeness (QED) is 0.118. The molecule has 1 heterocycles. The first kappa shape index (κ1) is 48.4. The van der Waals surface area contributed by atoms with Crippen LogP contribution < -0.4 is 4.90 Å². The van der Waals surface area contributed by atoms with Crippen LogP contribution >= 0.6 is 0 Å². The zero-order valence-corrected chi connectivity index (χ0v) is 45.8. The van der Waals surface area contributed by atoms with Gasteiger partial charge in [0.15, 0.2) is 0 Å². The van der Waals surface area contributed by atoms with Crippen molar-refractivity contribution in [1.82, 2.24) is 4.57 Å². The lowest BCUT2D eigenvalue weighted by Crippen LogP contribution is -2.26. The van der Waals surface area contributed by atoms with E-state index in [1.54, 1.807) is 0 Å². The van der Waals surface area contributed by atoms with E-state index in [-0.39, 0.29) is 0 Å². The van der Waals surface area contributed by atoms with Gasteiger partial charge in [0.1, 0.15) is 0 Å². The molecule has 12 aromatic carbocycles. The molecular formula is C79H60N2. The maximum Gasteiger partial charge on any atom is 0.0726 e. The average molecular weight is 1040 g/mol. The SMILES string of the molecule is CCCc1ccc2c(c1)c1cc(CCC)ccc1n2-c1ccc(-c2ccc(-c3ccc(N(c4ccc5c(c4)C4(c6ccccc6-c6ccccc64)c4ccccc4-5)c4c(-c5ccccc5)cccc4-c4ccccc4)cc3)cc2)cc1. The van der Waals surface area contributed by atoms with Crippen LogP contribution in [0.1, 0.15) is 60.1 Å². The standard InChI is InChI=1S/C79H60N2/c1-3-18-53-32-48-76-70(50-53)71-51-54(19-4-2)33-49-77(71)81(76)62-44-40-58(41-45-62)56-36-34-55(35-37-56)57-38-42-61(43-39-57)80(78-64(59-20-7-5-8-21-59)27-17-28-65(78)60-22-9-6-10-23-60)63-46-47-69-68-26-13-16-31-74(68)79(75(69)52-63)72-29-14-11-24-66(72)67-25-12-15-30-73(67)79/h5-17,20-52H,3-4,18-19H2,1-2H3. The van der Waals surface area contributed by atoms with Crippen LogP contribution in [0, 0.1) is 0 Å². The van der Waals surface area contributed by atoms with E-state index in [2.05, 4.69) is 302 Å². The van der Waals surface area contributed by atoms with Crippen LogP contribution in [-0.4, -0.2) is 4.57 Å². The molecule has 81 heavy (non-hydrogen) atoms. The van der Waals surface area contributed by atoms with Gasteiger partial charge >= 0.3 is 0 Å². The van der Waals surface area contributed by atoms with Gasteiger partial charge in [-0.25, -0.2) is 0 Å². The molecule has 13 aromatic rings. The molecular weight excluding hydrogens is 977 g/mol. The number of benzene rings is 12. The van der Waals surface area contributed by atoms with Gasteiger partial charge in [0.25, 0.3) is 0 Å². The number of hydrogen-bond acceptors (Lipinski definition) is 1. The predicted molar refractivity (Wildman–Crippen MR) is 341 cm³/mol. The third-order valence-electron chi connectivity index (χ3n) is 17.4. The number of anilines is 3. The molecule has 0 aliphatic heterocycles. The number of fused-ring (bicyclic) bond motifs is 13. The summed E-state index contributed by atoms with van der Waals surface area (Å²) in [5.74, 6) is 0. The van der Waals surface area contributed by atoms with Gasteiger partial charge in [-0.15, -0.1) is 0 Å². The normalized spacial score (nSPS) is 12.6. The molecule has 0 amide bonds. The van der Waals surface area contributed by atoms with Crippen LogP contribution in [0.15, 0.2) is 279 Å². The van der Waals surface area contributed by atoms with E-state index in [1.165, 1.54) is 117 Å². The van der Waals surface area contributed by atoms with Crippen LogP contribution in [0.4, 0.5) is 17.1 Å². The molecule has 0 saturated heterocycles. The molecule has 15 rings (SSSR count). The van der Waals surface area contributed by atoms with E-state index in [0.29, 0.717) is 0 Å². The van der Waals surface area contributed by atoms with Gasteiger partial charge in [0, 0.05) is 39.0 Å². The van der Waals surface area contributed by atoms with Crippen molar-refractivity contribution in [2.75, 3.05) is 4.90 Å². The van der Waals surface area contributed by atoms with E-state index in [4.69, 9.17) is 0 Å². The lowest BCUT2D eigenvalue weighted by Gasteiger charge is -2.33. The molecule has 2 aliphatic carbocycles. The second kappa shape index (κ2) is 19.9. The third-order valence-corrected chi connectivity index (χ3v) is 17.4. The fraction of sp³-hybridized carbons (Fsp3) is 0.0886. The smallest absolute Gasteiger partial charge is 0.0726 e. The summed E-state index contributed by atoms with van der Waals surface area (Å²) in [6, 6.07) is 105. The highest BCUT2D eigenvalue weighted by molar-refractivity contribution is 6.10. The lowest BCUT2D eigenvalue weighted by atomic mass is 9.70. The number of rotatable bonds is 12. The van der Waals surface area contributed by atoms with Crippen molar-refractivity contribution in [2.24, 2.45) is 0 Å². The largest absolute Gasteiger partial charge is 0.309 e. The molecule has 0 unspecified atom stereocenters. The Morgan fingerprint density at radius 3 is 1.17 bits per heavy atom. The molecule has 1 spiro atoms. The van der Waals surface area contributed by atoms with E-state index < -0.39 is 5.41 Å². The second-order valence-corrected chi connectivity index (χ2v) is 22.1. The Morgan fingerprint density at radius 1 is 0.309 bits per heavy atom. The summed E-state index contributed by atoms with van der Waals surface area (Å²) in [5.41, 5.74) is 29.2. The second-order valence-electron chi connectivity index (χ2n) is 22.1. The Balaban J connectivity index is 0.831. The monoisotopic (exact) mass is 1040 g/mol. The van der Waals surface area contributed by atoms with E-state index in [9.17, 15) is 0 Å². The summed E-state index contributed by atoms with van der Waals surface area (Å²) in [5, 5.41) is 2.68. The van der Waals surface area contributed by atoms with Gasteiger partial charge in [-0.1, -0.05) is 245 Å². The summed E-state index contributed by atoms with van der Waals surface area (Å²) in [7, 11) is 0. The summed E-state index contributed by atoms with van der Waals surface area (Å²) in [4.78, 5) is 2.53. The fourth-order valence-corrected chi connectivity index (χ4v) is 13.9. The fourth-order valence-electron chi connectivity index (χ4n) is 13.9. The molecule has 2 aliphatic rings. The summed E-state index contributed by atoms with van der Waals surface area (Å²) < 4.78 is 2.45. The Bertz CT molecular complexity index is 4320. The molecule has 0 radical (unpaired) electrons. The van der Waals surface area contributed by atoms with Crippen LogP contribution in [-0.2, 0) is 18.3 Å². The Morgan fingerprint density at radius 2 is 0.704 bits per heavy atom. The van der Waals surface area contributed by atoms with Crippen LogP contribution in [0.25, 0.3) is 94.3 Å².